The lowest BCUT2D eigenvalue weighted by Crippen LogP contribution is -2.46. The molecule has 39 heavy (non-hydrogen) atoms. The van der Waals surface area contributed by atoms with Crippen LogP contribution >= 0.6 is 0 Å². The number of hydrogen-bond donors (Lipinski definition) is 2. The standard InChI is InChI=1S/C28H39N5O5Si/c1-18-16-22-19(10-8-15-39(22,6)7)17-21(18)38-23-12-11-20(37-23)25(34)30-24-26(35-4)31-28(32-27(24)36-5)29-13-9-14-33(2)3/h11-12,16-17H,8-10,13-15H2,1-7H3,(H,30,34)(H,29,31,32). The molecule has 4 rings (SSSR count). The zero-order valence-corrected chi connectivity index (χ0v) is 24.9. The Morgan fingerprint density at radius 2 is 1.85 bits per heavy atom. The van der Waals surface area contributed by atoms with Crippen LogP contribution in [0.2, 0.25) is 19.1 Å². The summed E-state index contributed by atoms with van der Waals surface area (Å²) < 4.78 is 22.7. The summed E-state index contributed by atoms with van der Waals surface area (Å²) in [6.45, 7) is 8.50. The summed E-state index contributed by atoms with van der Waals surface area (Å²) in [6.07, 6.45) is 3.18. The molecule has 0 fully saturated rings. The number of amides is 1. The zero-order valence-electron chi connectivity index (χ0n) is 23.9. The highest BCUT2D eigenvalue weighted by molar-refractivity contribution is 6.90. The molecule has 0 atom stereocenters. The molecule has 11 heteroatoms. The Labute approximate surface area is 231 Å². The van der Waals surface area contributed by atoms with Gasteiger partial charge in [-0.2, -0.15) is 9.97 Å². The van der Waals surface area contributed by atoms with Gasteiger partial charge in [0.25, 0.3) is 11.9 Å². The molecule has 2 N–H and O–H groups in total. The van der Waals surface area contributed by atoms with Gasteiger partial charge in [-0.15, -0.1) is 0 Å². The van der Waals surface area contributed by atoms with E-state index in [1.54, 1.807) is 12.1 Å². The van der Waals surface area contributed by atoms with E-state index in [2.05, 4.69) is 50.7 Å². The molecule has 1 amide bonds. The number of nitrogens with one attached hydrogen (secondary N) is 2. The minimum absolute atomic E-state index is 0.0733. The predicted molar refractivity (Wildman–Crippen MR) is 155 cm³/mol. The number of nitrogens with zero attached hydrogens (tertiary/aromatic N) is 3. The largest absolute Gasteiger partial charge is 0.479 e. The van der Waals surface area contributed by atoms with Crippen molar-refractivity contribution in [3.8, 4) is 23.5 Å². The minimum atomic E-state index is -1.41. The second kappa shape index (κ2) is 12.1. The highest BCUT2D eigenvalue weighted by Crippen LogP contribution is 2.34. The van der Waals surface area contributed by atoms with Crippen molar-refractivity contribution in [3.05, 3.63) is 41.2 Å². The molecule has 1 aromatic carbocycles. The van der Waals surface area contributed by atoms with Crippen LogP contribution in [0, 0.1) is 6.92 Å². The van der Waals surface area contributed by atoms with Crippen molar-refractivity contribution in [1.29, 1.82) is 0 Å². The zero-order chi connectivity index (χ0) is 28.2. The van der Waals surface area contributed by atoms with E-state index < -0.39 is 14.0 Å². The molecule has 1 aliphatic heterocycles. The first-order chi connectivity index (χ1) is 18.6. The van der Waals surface area contributed by atoms with Gasteiger partial charge in [-0.25, -0.2) is 0 Å². The van der Waals surface area contributed by atoms with Crippen molar-refractivity contribution < 1.29 is 23.4 Å². The van der Waals surface area contributed by atoms with Crippen LogP contribution in [0.5, 0.6) is 23.5 Å². The monoisotopic (exact) mass is 553 g/mol. The highest BCUT2D eigenvalue weighted by atomic mass is 28.3. The Kier molecular flexibility index (Phi) is 8.81. The van der Waals surface area contributed by atoms with Gasteiger partial charge in [-0.1, -0.05) is 36.8 Å². The topological polar surface area (TPSA) is 111 Å². The molecule has 10 nitrogen and oxygen atoms in total. The van der Waals surface area contributed by atoms with Crippen LogP contribution in [-0.2, 0) is 6.42 Å². The number of carbonyl (C=O) groups is 1. The van der Waals surface area contributed by atoms with Gasteiger partial charge < -0.3 is 34.2 Å². The van der Waals surface area contributed by atoms with Gasteiger partial charge in [-0.3, -0.25) is 4.79 Å². The first-order valence-electron chi connectivity index (χ1n) is 13.2. The van der Waals surface area contributed by atoms with E-state index in [0.29, 0.717) is 12.5 Å². The van der Waals surface area contributed by atoms with E-state index in [-0.39, 0.29) is 29.2 Å². The van der Waals surface area contributed by atoms with Gasteiger partial charge in [0.15, 0.2) is 11.4 Å². The SMILES string of the molecule is COc1nc(NCCCN(C)C)nc(OC)c1NC(=O)c1ccc(Oc2cc3c(cc2C)[Si](C)(C)CCC3)o1. The Morgan fingerprint density at radius 3 is 2.51 bits per heavy atom. The molecule has 3 heterocycles. The van der Waals surface area contributed by atoms with Gasteiger partial charge in [0.05, 0.1) is 22.3 Å². The second-order valence-corrected chi connectivity index (χ2v) is 15.5. The van der Waals surface area contributed by atoms with E-state index in [1.807, 2.05) is 21.0 Å². The molecule has 1 aliphatic rings. The van der Waals surface area contributed by atoms with Crippen molar-refractivity contribution in [3.63, 3.8) is 0 Å². The smallest absolute Gasteiger partial charge is 0.291 e. The van der Waals surface area contributed by atoms with Gasteiger partial charge in [0, 0.05) is 12.6 Å². The molecule has 2 aromatic heterocycles. The average molecular weight is 554 g/mol. The third-order valence-corrected chi connectivity index (χ3v) is 10.5. The normalized spacial score (nSPS) is 14.1. The van der Waals surface area contributed by atoms with Crippen LogP contribution < -0.4 is 30.0 Å². The number of hydrogen-bond acceptors (Lipinski definition) is 9. The number of ether oxygens (including phenoxy) is 3. The third-order valence-electron chi connectivity index (χ3n) is 6.93. The number of anilines is 2. The number of aryl methyl sites for hydroxylation is 2. The lowest BCUT2D eigenvalue weighted by molar-refractivity contribution is 0.0990. The third kappa shape index (κ3) is 6.71. The number of methoxy groups -OCH3 is 2. The molecule has 0 unspecified atom stereocenters. The molecule has 3 aromatic rings. The number of rotatable bonds is 11. The summed E-state index contributed by atoms with van der Waals surface area (Å²) in [4.78, 5) is 23.9. The maximum absolute atomic E-state index is 13.1. The highest BCUT2D eigenvalue weighted by Gasteiger charge is 2.30. The van der Waals surface area contributed by atoms with E-state index in [1.165, 1.54) is 37.4 Å². The number of fused-ring (bicyclic) bond motifs is 1. The van der Waals surface area contributed by atoms with Crippen molar-refractivity contribution in [2.45, 2.75) is 45.3 Å². The number of benzene rings is 1. The van der Waals surface area contributed by atoms with Gasteiger partial charge in [0.1, 0.15) is 5.75 Å². The fourth-order valence-electron chi connectivity index (χ4n) is 4.81. The first kappa shape index (κ1) is 28.4. The quantitative estimate of drug-likeness (QED) is 0.259. The van der Waals surface area contributed by atoms with Gasteiger partial charge in [0.2, 0.25) is 17.7 Å². The van der Waals surface area contributed by atoms with Crippen LogP contribution in [0.4, 0.5) is 11.6 Å². The second-order valence-electron chi connectivity index (χ2n) is 10.7. The number of furan rings is 1. The number of carbonyl (C=O) groups excluding carboxylic acids is 1. The van der Waals surface area contributed by atoms with Crippen LogP contribution in [0.15, 0.2) is 28.7 Å². The molecular formula is C28H39N5O5Si. The molecule has 0 aliphatic carbocycles. The van der Waals surface area contributed by atoms with Crippen molar-refractivity contribution in [2.24, 2.45) is 0 Å². The fraction of sp³-hybridized carbons (Fsp3) is 0.464. The Morgan fingerprint density at radius 1 is 1.13 bits per heavy atom. The Hall–Kier alpha value is -3.57. The van der Waals surface area contributed by atoms with Crippen LogP contribution in [0.3, 0.4) is 0 Å². The van der Waals surface area contributed by atoms with Crippen molar-refractivity contribution >= 4 is 30.8 Å². The average Bonchev–Trinajstić information content (AvgIpc) is 3.36. The van der Waals surface area contributed by atoms with Crippen LogP contribution in [-0.4, -0.2) is 70.3 Å². The first-order valence-corrected chi connectivity index (χ1v) is 16.4. The summed E-state index contributed by atoms with van der Waals surface area (Å²) in [5.41, 5.74) is 2.62. The summed E-state index contributed by atoms with van der Waals surface area (Å²) in [5, 5.41) is 7.43. The molecule has 0 saturated heterocycles. The lowest BCUT2D eigenvalue weighted by Gasteiger charge is -2.31. The Bertz CT molecular complexity index is 1300. The van der Waals surface area contributed by atoms with Crippen molar-refractivity contribution in [2.75, 3.05) is 52.0 Å². The fourth-order valence-corrected chi connectivity index (χ4v) is 7.81. The summed E-state index contributed by atoms with van der Waals surface area (Å²) in [7, 11) is 5.57. The van der Waals surface area contributed by atoms with Crippen LogP contribution in [0.25, 0.3) is 0 Å². The Balaban J connectivity index is 1.47. The minimum Gasteiger partial charge on any atom is -0.479 e. The summed E-state index contributed by atoms with van der Waals surface area (Å²) in [5.74, 6) is 1.24. The molecule has 0 bridgehead atoms. The lowest BCUT2D eigenvalue weighted by atomic mass is 10.1. The summed E-state index contributed by atoms with van der Waals surface area (Å²) >= 11 is 0. The van der Waals surface area contributed by atoms with E-state index >= 15 is 0 Å². The molecule has 0 saturated carbocycles. The van der Waals surface area contributed by atoms with Crippen LogP contribution in [0.1, 0.15) is 34.5 Å². The van der Waals surface area contributed by atoms with E-state index in [4.69, 9.17) is 18.6 Å². The van der Waals surface area contributed by atoms with Gasteiger partial charge >= 0.3 is 0 Å². The maximum atomic E-state index is 13.1. The van der Waals surface area contributed by atoms with Crippen molar-refractivity contribution in [1.82, 2.24) is 14.9 Å². The molecule has 0 spiro atoms. The maximum Gasteiger partial charge on any atom is 0.291 e. The van der Waals surface area contributed by atoms with E-state index in [0.717, 1.165) is 30.7 Å². The molecule has 0 radical (unpaired) electrons. The summed E-state index contributed by atoms with van der Waals surface area (Å²) in [6, 6.07) is 8.91. The van der Waals surface area contributed by atoms with E-state index in [9.17, 15) is 4.79 Å². The molecule has 210 valence electrons. The predicted octanol–water partition coefficient (Wildman–Crippen LogP) is 4.67. The molecular weight excluding hydrogens is 514 g/mol. The number of aromatic nitrogens is 2. The van der Waals surface area contributed by atoms with Gasteiger partial charge in [-0.05, 0) is 63.7 Å².